The average Bonchev–Trinajstić information content (AvgIpc) is 2.79. The average molecular weight is 432 g/mol. The summed E-state index contributed by atoms with van der Waals surface area (Å²) in [5, 5.41) is 23.4. The molecule has 0 fully saturated rings. The number of nitrogens with one attached hydrogen (secondary N) is 1. The Morgan fingerprint density at radius 1 is 0.906 bits per heavy atom. The minimum Gasteiger partial charge on any atom is -0.478 e. The predicted octanol–water partition coefficient (Wildman–Crippen LogP) is 5.50. The maximum absolute atomic E-state index is 11.5. The van der Waals surface area contributed by atoms with Crippen LogP contribution in [-0.2, 0) is 12.8 Å². The Morgan fingerprint density at radius 2 is 1.56 bits per heavy atom. The Labute approximate surface area is 190 Å². The smallest absolute Gasteiger partial charge is 0.335 e. The van der Waals surface area contributed by atoms with Crippen LogP contribution in [0.1, 0.15) is 53.9 Å². The van der Waals surface area contributed by atoms with Gasteiger partial charge in [0.15, 0.2) is 0 Å². The summed E-state index contributed by atoms with van der Waals surface area (Å²) in [4.78, 5) is 11.5. The predicted molar refractivity (Wildman–Crippen MR) is 130 cm³/mol. The Bertz CT molecular complexity index is 1010. The molecule has 0 bridgehead atoms. The molecule has 0 saturated carbocycles. The molecule has 3 N–H and O–H groups in total. The Kier molecular flexibility index (Phi) is 8.20. The van der Waals surface area contributed by atoms with E-state index in [1.165, 1.54) is 5.56 Å². The van der Waals surface area contributed by atoms with Gasteiger partial charge in [-0.05, 0) is 66.1 Å². The highest BCUT2D eigenvalue weighted by molar-refractivity contribution is 5.90. The van der Waals surface area contributed by atoms with E-state index >= 15 is 0 Å². The van der Waals surface area contributed by atoms with Crippen molar-refractivity contribution in [2.45, 2.75) is 45.8 Å². The molecule has 0 aromatic heterocycles. The lowest BCUT2D eigenvalue weighted by Gasteiger charge is -2.20. The van der Waals surface area contributed by atoms with Crippen LogP contribution >= 0.6 is 0 Å². The van der Waals surface area contributed by atoms with E-state index in [-0.39, 0.29) is 6.04 Å². The molecule has 0 aliphatic carbocycles. The molecular formula is C28H33NO3. The summed E-state index contributed by atoms with van der Waals surface area (Å²) in [5.41, 5.74) is 5.52. The summed E-state index contributed by atoms with van der Waals surface area (Å²) in [6.45, 7) is 6.97. The van der Waals surface area contributed by atoms with Crippen molar-refractivity contribution in [3.63, 3.8) is 0 Å². The highest BCUT2D eigenvalue weighted by Gasteiger charge is 2.15. The van der Waals surface area contributed by atoms with Crippen molar-refractivity contribution >= 4 is 5.97 Å². The lowest BCUT2D eigenvalue weighted by atomic mass is 9.93. The SMILES string of the molecule is CC(C)Cc1cc(-c2ccc(CCN[C@@H](C)[C@H](O)c3ccccc3)cc2)ccc1C(=O)O. The first-order chi connectivity index (χ1) is 15.3. The van der Waals surface area contributed by atoms with Gasteiger partial charge in [0, 0.05) is 6.04 Å². The molecule has 0 saturated heterocycles. The summed E-state index contributed by atoms with van der Waals surface area (Å²) >= 11 is 0. The third kappa shape index (κ3) is 6.28. The molecule has 3 aromatic carbocycles. The van der Waals surface area contributed by atoms with Gasteiger partial charge >= 0.3 is 5.97 Å². The van der Waals surface area contributed by atoms with E-state index in [2.05, 4.69) is 43.4 Å². The van der Waals surface area contributed by atoms with Crippen molar-refractivity contribution in [2.75, 3.05) is 6.54 Å². The second-order valence-electron chi connectivity index (χ2n) is 8.82. The van der Waals surface area contributed by atoms with Crippen LogP contribution in [0.15, 0.2) is 72.8 Å². The lowest BCUT2D eigenvalue weighted by molar-refractivity contribution is 0.0695. The molecule has 0 radical (unpaired) electrons. The molecule has 32 heavy (non-hydrogen) atoms. The molecule has 4 nitrogen and oxygen atoms in total. The first-order valence-electron chi connectivity index (χ1n) is 11.3. The van der Waals surface area contributed by atoms with Gasteiger partial charge in [0.2, 0.25) is 0 Å². The van der Waals surface area contributed by atoms with Crippen LogP contribution in [0.5, 0.6) is 0 Å². The van der Waals surface area contributed by atoms with E-state index in [0.29, 0.717) is 11.5 Å². The van der Waals surface area contributed by atoms with Crippen molar-refractivity contribution in [2.24, 2.45) is 5.92 Å². The van der Waals surface area contributed by atoms with Gasteiger partial charge in [-0.25, -0.2) is 4.79 Å². The second-order valence-corrected chi connectivity index (χ2v) is 8.82. The molecule has 0 aliphatic rings. The summed E-state index contributed by atoms with van der Waals surface area (Å²) in [6.07, 6.45) is 1.07. The van der Waals surface area contributed by atoms with Crippen LogP contribution in [0, 0.1) is 5.92 Å². The lowest BCUT2D eigenvalue weighted by Crippen LogP contribution is -2.33. The number of rotatable bonds is 10. The highest BCUT2D eigenvalue weighted by atomic mass is 16.4. The molecule has 2 atom stereocenters. The third-order valence-electron chi connectivity index (χ3n) is 5.75. The van der Waals surface area contributed by atoms with E-state index in [4.69, 9.17) is 0 Å². The molecule has 168 valence electrons. The van der Waals surface area contributed by atoms with E-state index in [1.807, 2.05) is 49.4 Å². The number of hydrogen-bond donors (Lipinski definition) is 3. The Balaban J connectivity index is 1.61. The Morgan fingerprint density at radius 3 is 2.19 bits per heavy atom. The first-order valence-corrected chi connectivity index (χ1v) is 11.3. The Hall–Kier alpha value is -2.95. The van der Waals surface area contributed by atoms with Crippen molar-refractivity contribution in [1.82, 2.24) is 5.32 Å². The largest absolute Gasteiger partial charge is 0.478 e. The molecule has 0 unspecified atom stereocenters. The number of aromatic carboxylic acids is 1. The zero-order valence-corrected chi connectivity index (χ0v) is 19.1. The first kappa shape index (κ1) is 23.7. The second kappa shape index (κ2) is 11.1. The van der Waals surface area contributed by atoms with E-state index in [0.717, 1.165) is 41.6 Å². The van der Waals surface area contributed by atoms with Crippen LogP contribution in [0.2, 0.25) is 0 Å². The molecule has 3 aromatic rings. The molecular weight excluding hydrogens is 398 g/mol. The van der Waals surface area contributed by atoms with Gasteiger partial charge in [0.1, 0.15) is 0 Å². The van der Waals surface area contributed by atoms with Gasteiger partial charge in [0.05, 0.1) is 11.7 Å². The van der Waals surface area contributed by atoms with Gasteiger partial charge in [-0.1, -0.05) is 80.6 Å². The van der Waals surface area contributed by atoms with E-state index in [9.17, 15) is 15.0 Å². The van der Waals surface area contributed by atoms with Crippen molar-refractivity contribution in [1.29, 1.82) is 0 Å². The molecule has 0 aliphatic heterocycles. The molecule has 0 amide bonds. The van der Waals surface area contributed by atoms with Gasteiger partial charge in [0.25, 0.3) is 0 Å². The van der Waals surface area contributed by atoms with Crippen molar-refractivity contribution in [3.8, 4) is 11.1 Å². The number of benzene rings is 3. The third-order valence-corrected chi connectivity index (χ3v) is 5.75. The summed E-state index contributed by atoms with van der Waals surface area (Å²) < 4.78 is 0. The standard InChI is InChI=1S/C28H33NO3/c1-19(2)17-25-18-24(13-14-26(25)28(31)32)22-11-9-21(10-12-22)15-16-29-20(3)27(30)23-7-5-4-6-8-23/h4-14,18-20,27,29-30H,15-17H2,1-3H3,(H,31,32)/t20-,27-/m0/s1. The highest BCUT2D eigenvalue weighted by Crippen LogP contribution is 2.25. The molecule has 0 spiro atoms. The van der Waals surface area contributed by atoms with Gasteiger partial charge in [-0.2, -0.15) is 0 Å². The van der Waals surface area contributed by atoms with Crippen molar-refractivity contribution in [3.05, 3.63) is 95.1 Å². The summed E-state index contributed by atoms with van der Waals surface area (Å²) in [6, 6.07) is 23.7. The number of carboxylic acids is 1. The normalized spacial score (nSPS) is 13.2. The fourth-order valence-corrected chi connectivity index (χ4v) is 3.95. The molecule has 3 rings (SSSR count). The van der Waals surface area contributed by atoms with Crippen molar-refractivity contribution < 1.29 is 15.0 Å². The molecule has 4 heteroatoms. The number of hydrogen-bond acceptors (Lipinski definition) is 3. The fraction of sp³-hybridized carbons (Fsp3) is 0.321. The topological polar surface area (TPSA) is 69.6 Å². The summed E-state index contributed by atoms with van der Waals surface area (Å²) in [7, 11) is 0. The number of aliphatic hydroxyl groups excluding tert-OH is 1. The van der Waals surface area contributed by atoms with Crippen LogP contribution in [-0.4, -0.2) is 28.8 Å². The van der Waals surface area contributed by atoms with Crippen LogP contribution < -0.4 is 5.32 Å². The number of carbonyl (C=O) groups is 1. The van der Waals surface area contributed by atoms with E-state index < -0.39 is 12.1 Å². The molecule has 0 heterocycles. The number of aliphatic hydroxyl groups is 1. The quantitative estimate of drug-likeness (QED) is 0.396. The minimum absolute atomic E-state index is 0.0381. The van der Waals surface area contributed by atoms with Gasteiger partial charge in [-0.3, -0.25) is 0 Å². The van der Waals surface area contributed by atoms with Crippen LogP contribution in [0.3, 0.4) is 0 Å². The maximum atomic E-state index is 11.5. The van der Waals surface area contributed by atoms with Gasteiger partial charge < -0.3 is 15.5 Å². The number of carboxylic acid groups (broad SMARTS) is 1. The van der Waals surface area contributed by atoms with E-state index in [1.54, 1.807) is 6.07 Å². The minimum atomic E-state index is -0.873. The van der Waals surface area contributed by atoms with Crippen LogP contribution in [0.25, 0.3) is 11.1 Å². The zero-order chi connectivity index (χ0) is 23.1. The maximum Gasteiger partial charge on any atom is 0.335 e. The monoisotopic (exact) mass is 431 g/mol. The summed E-state index contributed by atoms with van der Waals surface area (Å²) in [5.74, 6) is -0.484. The fourth-order valence-electron chi connectivity index (χ4n) is 3.95. The van der Waals surface area contributed by atoms with Gasteiger partial charge in [-0.15, -0.1) is 0 Å². The zero-order valence-electron chi connectivity index (χ0n) is 19.1. The van der Waals surface area contributed by atoms with Crippen LogP contribution in [0.4, 0.5) is 0 Å².